The second-order valence-electron chi connectivity index (χ2n) is 5.53. The number of imidazole rings is 1. The minimum atomic E-state index is -0.597. The summed E-state index contributed by atoms with van der Waals surface area (Å²) in [7, 11) is 1.54. The second-order valence-corrected chi connectivity index (χ2v) is 5.53. The van der Waals surface area contributed by atoms with Gasteiger partial charge in [0, 0.05) is 12.8 Å². The molecule has 1 aliphatic heterocycles. The standard InChI is InChI=1S/C16H16FN5O2/c1-23-16-21-13-12(10-5-4-7-18-14(10)17)19-9-20-15(13)22(16)11-6-2-3-8-24-11/h4-5,7,9,11H,2-3,6,8H2,1H3. The van der Waals surface area contributed by atoms with Crippen LogP contribution >= 0.6 is 0 Å². The molecule has 1 fully saturated rings. The van der Waals surface area contributed by atoms with Crippen molar-refractivity contribution in [2.75, 3.05) is 13.7 Å². The number of aromatic nitrogens is 5. The molecule has 3 aromatic heterocycles. The smallest absolute Gasteiger partial charge is 0.300 e. The van der Waals surface area contributed by atoms with E-state index in [2.05, 4.69) is 19.9 Å². The van der Waals surface area contributed by atoms with Crippen LogP contribution in [0, 0.1) is 5.95 Å². The Hall–Kier alpha value is -2.61. The summed E-state index contributed by atoms with van der Waals surface area (Å²) < 4.78 is 27.1. The van der Waals surface area contributed by atoms with Gasteiger partial charge >= 0.3 is 6.01 Å². The SMILES string of the molecule is COc1nc2c(-c3cccnc3F)ncnc2n1C1CCCCO1. The summed E-state index contributed by atoms with van der Waals surface area (Å²) in [6.45, 7) is 0.683. The summed E-state index contributed by atoms with van der Waals surface area (Å²) in [5.41, 5.74) is 1.70. The average Bonchev–Trinajstić information content (AvgIpc) is 3.01. The number of fused-ring (bicyclic) bond motifs is 1. The molecule has 0 aliphatic carbocycles. The van der Waals surface area contributed by atoms with E-state index < -0.39 is 5.95 Å². The van der Waals surface area contributed by atoms with Crippen molar-refractivity contribution in [3.8, 4) is 17.3 Å². The van der Waals surface area contributed by atoms with E-state index in [1.807, 2.05) is 4.57 Å². The molecule has 0 spiro atoms. The fourth-order valence-corrected chi connectivity index (χ4v) is 2.98. The molecule has 0 saturated carbocycles. The van der Waals surface area contributed by atoms with Crippen LogP contribution in [-0.4, -0.2) is 38.2 Å². The van der Waals surface area contributed by atoms with Gasteiger partial charge in [-0.15, -0.1) is 0 Å². The van der Waals surface area contributed by atoms with Crippen molar-refractivity contribution in [1.82, 2.24) is 24.5 Å². The topological polar surface area (TPSA) is 75.0 Å². The van der Waals surface area contributed by atoms with Gasteiger partial charge in [0.1, 0.15) is 23.8 Å². The Morgan fingerprint density at radius 2 is 2.21 bits per heavy atom. The number of nitrogens with zero attached hydrogens (tertiary/aromatic N) is 5. The maximum absolute atomic E-state index is 14.1. The predicted octanol–water partition coefficient (Wildman–Crippen LogP) is 2.74. The highest BCUT2D eigenvalue weighted by Gasteiger charge is 2.26. The maximum Gasteiger partial charge on any atom is 0.300 e. The number of halogens is 1. The van der Waals surface area contributed by atoms with E-state index in [1.54, 1.807) is 12.1 Å². The van der Waals surface area contributed by atoms with E-state index in [4.69, 9.17) is 9.47 Å². The first kappa shape index (κ1) is 14.9. The van der Waals surface area contributed by atoms with Crippen molar-refractivity contribution in [3.63, 3.8) is 0 Å². The lowest BCUT2D eigenvalue weighted by molar-refractivity contribution is -0.0334. The van der Waals surface area contributed by atoms with Crippen LogP contribution in [0.15, 0.2) is 24.7 Å². The Kier molecular flexibility index (Phi) is 3.81. The Labute approximate surface area is 137 Å². The average molecular weight is 329 g/mol. The predicted molar refractivity (Wildman–Crippen MR) is 83.9 cm³/mol. The number of hydrogen-bond donors (Lipinski definition) is 0. The molecule has 1 atom stereocenters. The third-order valence-corrected chi connectivity index (χ3v) is 4.09. The van der Waals surface area contributed by atoms with Crippen LogP contribution in [-0.2, 0) is 4.74 Å². The lowest BCUT2D eigenvalue weighted by Gasteiger charge is -2.24. The third kappa shape index (κ3) is 2.39. The second kappa shape index (κ2) is 6.12. The lowest BCUT2D eigenvalue weighted by Crippen LogP contribution is -2.19. The molecule has 8 heteroatoms. The van der Waals surface area contributed by atoms with E-state index >= 15 is 0 Å². The molecule has 7 nitrogen and oxygen atoms in total. The largest absolute Gasteiger partial charge is 0.468 e. The van der Waals surface area contributed by atoms with Gasteiger partial charge in [-0.05, 0) is 31.4 Å². The lowest BCUT2D eigenvalue weighted by atomic mass is 10.1. The van der Waals surface area contributed by atoms with Crippen LogP contribution in [0.25, 0.3) is 22.4 Å². The molecule has 4 rings (SSSR count). The first-order valence-corrected chi connectivity index (χ1v) is 7.79. The van der Waals surface area contributed by atoms with Crippen LogP contribution < -0.4 is 4.74 Å². The van der Waals surface area contributed by atoms with Crippen molar-refractivity contribution < 1.29 is 13.9 Å². The number of ether oxygens (including phenoxy) is 2. The molecule has 24 heavy (non-hydrogen) atoms. The Balaban J connectivity index is 1.92. The quantitative estimate of drug-likeness (QED) is 0.688. The van der Waals surface area contributed by atoms with Crippen LogP contribution in [0.4, 0.5) is 4.39 Å². The summed E-state index contributed by atoms with van der Waals surface area (Å²) in [6.07, 6.45) is 5.54. The third-order valence-electron chi connectivity index (χ3n) is 4.09. The van der Waals surface area contributed by atoms with Gasteiger partial charge in [0.25, 0.3) is 0 Å². The number of pyridine rings is 1. The zero-order chi connectivity index (χ0) is 16.5. The van der Waals surface area contributed by atoms with Gasteiger partial charge in [0.05, 0.1) is 12.7 Å². The van der Waals surface area contributed by atoms with Gasteiger partial charge < -0.3 is 9.47 Å². The highest BCUT2D eigenvalue weighted by Crippen LogP contribution is 2.34. The van der Waals surface area contributed by atoms with Crippen LogP contribution in [0.2, 0.25) is 0 Å². The van der Waals surface area contributed by atoms with Crippen LogP contribution in [0.1, 0.15) is 25.5 Å². The molecule has 4 heterocycles. The zero-order valence-corrected chi connectivity index (χ0v) is 13.1. The molecule has 0 amide bonds. The summed E-state index contributed by atoms with van der Waals surface area (Å²) in [4.78, 5) is 16.7. The van der Waals surface area contributed by atoms with Crippen molar-refractivity contribution >= 4 is 11.2 Å². The number of methoxy groups -OCH3 is 1. The Morgan fingerprint density at radius 3 is 2.96 bits per heavy atom. The van der Waals surface area contributed by atoms with Gasteiger partial charge in [0.2, 0.25) is 5.95 Å². The molecule has 1 unspecified atom stereocenters. The molecular weight excluding hydrogens is 313 g/mol. The molecule has 0 radical (unpaired) electrons. The van der Waals surface area contributed by atoms with E-state index in [9.17, 15) is 4.39 Å². The highest BCUT2D eigenvalue weighted by molar-refractivity contribution is 5.87. The van der Waals surface area contributed by atoms with E-state index in [1.165, 1.54) is 19.6 Å². The Bertz CT molecular complexity index is 876. The fraction of sp³-hybridized carbons (Fsp3) is 0.375. The van der Waals surface area contributed by atoms with Gasteiger partial charge in [0.15, 0.2) is 5.65 Å². The Morgan fingerprint density at radius 1 is 1.29 bits per heavy atom. The van der Waals surface area contributed by atoms with E-state index in [-0.39, 0.29) is 11.8 Å². The minimum absolute atomic E-state index is 0.194. The number of rotatable bonds is 3. The zero-order valence-electron chi connectivity index (χ0n) is 13.1. The molecule has 0 N–H and O–H groups in total. The number of hydrogen-bond acceptors (Lipinski definition) is 6. The van der Waals surface area contributed by atoms with Crippen molar-refractivity contribution in [1.29, 1.82) is 0 Å². The minimum Gasteiger partial charge on any atom is -0.468 e. The summed E-state index contributed by atoms with van der Waals surface area (Å²) in [6, 6.07) is 3.65. The molecule has 0 bridgehead atoms. The first-order valence-electron chi connectivity index (χ1n) is 7.79. The van der Waals surface area contributed by atoms with Gasteiger partial charge in [-0.1, -0.05) is 0 Å². The summed E-state index contributed by atoms with van der Waals surface area (Å²) in [5, 5.41) is 0. The van der Waals surface area contributed by atoms with Crippen LogP contribution in [0.3, 0.4) is 0 Å². The van der Waals surface area contributed by atoms with Gasteiger partial charge in [-0.25, -0.2) is 15.0 Å². The maximum atomic E-state index is 14.1. The van der Waals surface area contributed by atoms with E-state index in [0.29, 0.717) is 29.5 Å². The normalized spacial score (nSPS) is 18.0. The summed E-state index contributed by atoms with van der Waals surface area (Å²) in [5.74, 6) is -0.597. The molecule has 3 aromatic rings. The van der Waals surface area contributed by atoms with Crippen LogP contribution in [0.5, 0.6) is 6.01 Å². The molecular formula is C16H16FN5O2. The van der Waals surface area contributed by atoms with E-state index in [0.717, 1.165) is 19.3 Å². The summed E-state index contributed by atoms with van der Waals surface area (Å²) >= 11 is 0. The fourth-order valence-electron chi connectivity index (χ4n) is 2.98. The molecule has 1 aliphatic rings. The van der Waals surface area contributed by atoms with Gasteiger partial charge in [-0.3, -0.25) is 4.57 Å². The monoisotopic (exact) mass is 329 g/mol. The van der Waals surface area contributed by atoms with Gasteiger partial charge in [-0.2, -0.15) is 9.37 Å². The molecule has 0 aromatic carbocycles. The van der Waals surface area contributed by atoms with Crippen molar-refractivity contribution in [2.45, 2.75) is 25.5 Å². The molecule has 124 valence electrons. The highest BCUT2D eigenvalue weighted by atomic mass is 19.1. The van der Waals surface area contributed by atoms with Crippen molar-refractivity contribution in [3.05, 3.63) is 30.6 Å². The van der Waals surface area contributed by atoms with Crippen molar-refractivity contribution in [2.24, 2.45) is 0 Å². The molecule has 1 saturated heterocycles. The first-order chi connectivity index (χ1) is 11.8.